The minimum Gasteiger partial charge on any atom is -0.492 e. The lowest BCUT2D eigenvalue weighted by Gasteiger charge is -2.06. The lowest BCUT2D eigenvalue weighted by Crippen LogP contribution is -1.89. The first-order chi connectivity index (χ1) is 6.59. The molecule has 0 bridgehead atoms. The number of nitrogens with zero attached hydrogens (tertiary/aromatic N) is 1. The van der Waals surface area contributed by atoms with Crippen molar-refractivity contribution in [1.29, 1.82) is 0 Å². The Morgan fingerprint density at radius 1 is 1.43 bits per heavy atom. The molecule has 0 atom stereocenters. The summed E-state index contributed by atoms with van der Waals surface area (Å²) >= 11 is 5.86. The van der Waals surface area contributed by atoms with Gasteiger partial charge in [0.1, 0.15) is 5.02 Å². The third-order valence-corrected chi connectivity index (χ3v) is 2.63. The first-order valence-electron chi connectivity index (χ1n) is 4.14. The Labute approximate surface area is 86.1 Å². The van der Waals surface area contributed by atoms with Crippen molar-refractivity contribution in [2.45, 2.75) is 6.92 Å². The van der Waals surface area contributed by atoms with Crippen molar-refractivity contribution >= 4 is 28.2 Å². The van der Waals surface area contributed by atoms with Gasteiger partial charge in [-0.2, -0.15) is 0 Å². The average molecular weight is 209 g/mol. The van der Waals surface area contributed by atoms with E-state index in [2.05, 4.69) is 4.98 Å². The number of fused-ring (bicyclic) bond motifs is 1. The van der Waals surface area contributed by atoms with Gasteiger partial charge in [-0.25, -0.2) is 4.98 Å². The van der Waals surface area contributed by atoms with E-state index < -0.39 is 0 Å². The zero-order valence-corrected chi connectivity index (χ0v) is 8.34. The molecule has 0 amide bonds. The maximum Gasteiger partial charge on any atom is 0.230 e. The third kappa shape index (κ3) is 1.26. The highest BCUT2D eigenvalue weighted by atomic mass is 35.5. The van der Waals surface area contributed by atoms with E-state index in [1.807, 2.05) is 6.92 Å². The molecular formula is C10H9ClN2O. The van der Waals surface area contributed by atoms with Gasteiger partial charge in [0.25, 0.3) is 0 Å². The number of nitrogens with two attached hydrogens (primary N) is 1. The molecule has 0 aliphatic heterocycles. The molecule has 72 valence electrons. The molecule has 0 aliphatic carbocycles. The van der Waals surface area contributed by atoms with Crippen LogP contribution in [-0.4, -0.2) is 10.1 Å². The van der Waals surface area contributed by atoms with Crippen molar-refractivity contribution in [1.82, 2.24) is 4.98 Å². The maximum atomic E-state index is 9.39. The highest BCUT2D eigenvalue weighted by molar-refractivity contribution is 6.33. The minimum absolute atomic E-state index is 0.138. The summed E-state index contributed by atoms with van der Waals surface area (Å²) < 4.78 is 0. The monoisotopic (exact) mass is 208 g/mol. The Morgan fingerprint density at radius 3 is 2.86 bits per heavy atom. The van der Waals surface area contributed by atoms with Crippen molar-refractivity contribution in [2.75, 3.05) is 5.73 Å². The molecule has 0 aliphatic rings. The number of hydrogen-bond donors (Lipinski definition) is 2. The van der Waals surface area contributed by atoms with Crippen LogP contribution in [0.15, 0.2) is 18.2 Å². The second-order valence-corrected chi connectivity index (χ2v) is 3.53. The lowest BCUT2D eigenvalue weighted by atomic mass is 10.1. The standard InChI is InChI=1S/C10H9ClN2O/c1-5-7-4-6(12)2-3-8(7)13-10(14)9(5)11/h2-4H,12H2,1H3,(H,13,14). The Morgan fingerprint density at radius 2 is 2.14 bits per heavy atom. The van der Waals surface area contributed by atoms with E-state index in [1.54, 1.807) is 18.2 Å². The Balaban J connectivity index is 2.92. The maximum absolute atomic E-state index is 9.39. The molecule has 14 heavy (non-hydrogen) atoms. The molecule has 0 unspecified atom stereocenters. The van der Waals surface area contributed by atoms with Gasteiger partial charge >= 0.3 is 0 Å². The first-order valence-corrected chi connectivity index (χ1v) is 4.51. The molecule has 2 aromatic rings. The number of anilines is 1. The number of aryl methyl sites for hydroxylation is 1. The van der Waals surface area contributed by atoms with Gasteiger partial charge in [0.15, 0.2) is 0 Å². The smallest absolute Gasteiger partial charge is 0.230 e. The Bertz CT molecular complexity index is 511. The summed E-state index contributed by atoms with van der Waals surface area (Å²) in [6.07, 6.45) is 0. The van der Waals surface area contributed by atoms with Crippen LogP contribution in [0.25, 0.3) is 10.9 Å². The number of aromatic nitrogens is 1. The quantitative estimate of drug-likeness (QED) is 0.654. The highest BCUT2D eigenvalue weighted by Crippen LogP contribution is 2.31. The number of pyridine rings is 1. The summed E-state index contributed by atoms with van der Waals surface area (Å²) in [7, 11) is 0. The SMILES string of the molecule is Cc1c(Cl)c(O)nc2ccc(N)cc12. The number of rotatable bonds is 0. The summed E-state index contributed by atoms with van der Waals surface area (Å²) in [4.78, 5) is 3.95. The van der Waals surface area contributed by atoms with Crippen LogP contribution in [0.1, 0.15) is 5.56 Å². The molecule has 3 nitrogen and oxygen atoms in total. The van der Waals surface area contributed by atoms with Gasteiger partial charge in [-0.3, -0.25) is 0 Å². The van der Waals surface area contributed by atoms with Gasteiger partial charge in [0.2, 0.25) is 5.88 Å². The fourth-order valence-electron chi connectivity index (χ4n) is 1.40. The van der Waals surface area contributed by atoms with Gasteiger partial charge in [-0.1, -0.05) is 11.6 Å². The van der Waals surface area contributed by atoms with E-state index >= 15 is 0 Å². The molecule has 2 rings (SSSR count). The van der Waals surface area contributed by atoms with Crippen molar-refractivity contribution < 1.29 is 5.11 Å². The average Bonchev–Trinajstić information content (AvgIpc) is 2.16. The third-order valence-electron chi connectivity index (χ3n) is 2.18. The molecule has 0 radical (unpaired) electrons. The molecule has 0 saturated carbocycles. The van der Waals surface area contributed by atoms with Crippen LogP contribution in [0, 0.1) is 6.92 Å². The summed E-state index contributed by atoms with van der Waals surface area (Å²) in [5.41, 5.74) is 7.79. The van der Waals surface area contributed by atoms with Crippen LogP contribution in [0.3, 0.4) is 0 Å². The Kier molecular flexibility index (Phi) is 1.97. The van der Waals surface area contributed by atoms with E-state index in [0.717, 1.165) is 10.9 Å². The molecule has 4 heteroatoms. The highest BCUT2D eigenvalue weighted by Gasteiger charge is 2.08. The zero-order chi connectivity index (χ0) is 10.3. The molecule has 0 spiro atoms. The van der Waals surface area contributed by atoms with Gasteiger partial charge in [0.05, 0.1) is 5.52 Å². The molecule has 3 N–H and O–H groups in total. The number of nitrogen functional groups attached to an aromatic ring is 1. The summed E-state index contributed by atoms with van der Waals surface area (Å²) in [6, 6.07) is 5.29. The summed E-state index contributed by atoms with van der Waals surface area (Å²) in [5.74, 6) is -0.138. The molecule has 1 heterocycles. The molecular weight excluding hydrogens is 200 g/mol. The minimum atomic E-state index is -0.138. The molecule has 0 fully saturated rings. The van der Waals surface area contributed by atoms with E-state index in [9.17, 15) is 5.11 Å². The van der Waals surface area contributed by atoms with E-state index in [1.165, 1.54) is 0 Å². The fraction of sp³-hybridized carbons (Fsp3) is 0.100. The predicted molar refractivity (Wildman–Crippen MR) is 57.6 cm³/mol. The van der Waals surface area contributed by atoms with Crippen LogP contribution in [0.5, 0.6) is 5.88 Å². The van der Waals surface area contributed by atoms with Crippen LogP contribution in [-0.2, 0) is 0 Å². The second-order valence-electron chi connectivity index (χ2n) is 3.15. The molecule has 1 aromatic carbocycles. The van der Waals surface area contributed by atoms with Crippen molar-refractivity contribution in [2.24, 2.45) is 0 Å². The summed E-state index contributed by atoms with van der Waals surface area (Å²) in [5, 5.41) is 10.5. The van der Waals surface area contributed by atoms with Gasteiger partial charge in [-0.15, -0.1) is 0 Å². The zero-order valence-electron chi connectivity index (χ0n) is 7.58. The normalized spacial score (nSPS) is 10.7. The van der Waals surface area contributed by atoms with Crippen LogP contribution < -0.4 is 5.73 Å². The number of benzene rings is 1. The van der Waals surface area contributed by atoms with Crippen LogP contribution >= 0.6 is 11.6 Å². The van der Waals surface area contributed by atoms with Crippen LogP contribution in [0.2, 0.25) is 5.02 Å². The second kappa shape index (κ2) is 3.03. The van der Waals surface area contributed by atoms with E-state index in [-0.39, 0.29) is 10.9 Å². The number of hydrogen-bond acceptors (Lipinski definition) is 3. The predicted octanol–water partition coefficient (Wildman–Crippen LogP) is 2.48. The van der Waals surface area contributed by atoms with Crippen LogP contribution in [0.4, 0.5) is 5.69 Å². The molecule has 0 saturated heterocycles. The van der Waals surface area contributed by atoms with Gasteiger partial charge < -0.3 is 10.8 Å². The van der Waals surface area contributed by atoms with Crippen molar-refractivity contribution in [3.05, 3.63) is 28.8 Å². The molecule has 1 aromatic heterocycles. The van der Waals surface area contributed by atoms with Gasteiger partial charge in [0, 0.05) is 11.1 Å². The Hall–Kier alpha value is -1.48. The first kappa shape index (κ1) is 9.09. The largest absolute Gasteiger partial charge is 0.492 e. The van der Waals surface area contributed by atoms with Gasteiger partial charge in [-0.05, 0) is 30.7 Å². The van der Waals surface area contributed by atoms with E-state index in [0.29, 0.717) is 11.2 Å². The van der Waals surface area contributed by atoms with Crippen molar-refractivity contribution in [3.63, 3.8) is 0 Å². The van der Waals surface area contributed by atoms with E-state index in [4.69, 9.17) is 17.3 Å². The topological polar surface area (TPSA) is 59.1 Å². The number of halogens is 1. The van der Waals surface area contributed by atoms with Crippen molar-refractivity contribution in [3.8, 4) is 5.88 Å². The number of aromatic hydroxyl groups is 1. The fourth-order valence-corrected chi connectivity index (χ4v) is 1.54. The lowest BCUT2D eigenvalue weighted by molar-refractivity contribution is 0.455. The summed E-state index contributed by atoms with van der Waals surface area (Å²) in [6.45, 7) is 1.82.